The number of amides is 1. The highest BCUT2D eigenvalue weighted by Crippen LogP contribution is 2.29. The fourth-order valence-corrected chi connectivity index (χ4v) is 5.32. The monoisotopic (exact) mass is 415 g/mol. The van der Waals surface area contributed by atoms with Crippen molar-refractivity contribution in [1.29, 1.82) is 0 Å². The van der Waals surface area contributed by atoms with Crippen molar-refractivity contribution < 1.29 is 23.1 Å². The van der Waals surface area contributed by atoms with Crippen LogP contribution in [0.1, 0.15) is 40.0 Å². The molecule has 152 valence electrons. The van der Waals surface area contributed by atoms with Crippen molar-refractivity contribution in [3.05, 3.63) is 24.3 Å². The molecule has 2 rings (SSSR count). The molecule has 0 spiro atoms. The minimum atomic E-state index is -3.49. The first-order chi connectivity index (χ1) is 12.5. The second kappa shape index (κ2) is 8.84. The Kier molecular flexibility index (Phi) is 7.21. The van der Waals surface area contributed by atoms with Crippen LogP contribution in [-0.4, -0.2) is 49.4 Å². The van der Waals surface area contributed by atoms with Gasteiger partial charge >= 0.3 is 6.09 Å². The molecule has 0 aliphatic heterocycles. The Bertz CT molecular complexity index is 740. The highest BCUT2D eigenvalue weighted by atomic mass is 32.2. The zero-order valence-electron chi connectivity index (χ0n) is 16.3. The number of alkyl carbamates (subject to hydrolysis) is 1. The standard InChI is InChI=1S/C19H29NO5S2/c1-19(2,3)25-18(22)20-17-11-14(21)6-5-13(17)12-27(23,24)16-9-7-15(26-4)8-10-16/h7-10,13-14,17,21H,5-6,11-12H2,1-4H3,(H,20,22)/t13?,14-,17?/m0/s1. The zero-order chi connectivity index (χ0) is 20.2. The van der Waals surface area contributed by atoms with Crippen LogP contribution in [0.2, 0.25) is 0 Å². The lowest BCUT2D eigenvalue weighted by Crippen LogP contribution is -2.48. The topological polar surface area (TPSA) is 92.7 Å². The van der Waals surface area contributed by atoms with Crippen LogP contribution < -0.4 is 5.32 Å². The highest BCUT2D eigenvalue weighted by molar-refractivity contribution is 7.98. The van der Waals surface area contributed by atoms with E-state index in [-0.39, 0.29) is 16.6 Å². The molecule has 0 bridgehead atoms. The molecule has 0 radical (unpaired) electrons. The van der Waals surface area contributed by atoms with Crippen molar-refractivity contribution in [2.24, 2.45) is 5.92 Å². The van der Waals surface area contributed by atoms with Gasteiger partial charge in [0.25, 0.3) is 0 Å². The molecule has 1 aromatic rings. The fraction of sp³-hybridized carbons (Fsp3) is 0.632. The van der Waals surface area contributed by atoms with Crippen LogP contribution in [0, 0.1) is 5.92 Å². The van der Waals surface area contributed by atoms with Gasteiger partial charge in [-0.05, 0) is 76.5 Å². The van der Waals surface area contributed by atoms with E-state index in [0.717, 1.165) is 4.90 Å². The Hall–Kier alpha value is -1.25. The predicted molar refractivity (Wildman–Crippen MR) is 107 cm³/mol. The summed E-state index contributed by atoms with van der Waals surface area (Å²) in [6.07, 6.45) is 2.18. The molecule has 8 heteroatoms. The smallest absolute Gasteiger partial charge is 0.407 e. The van der Waals surface area contributed by atoms with Gasteiger partial charge in [-0.15, -0.1) is 11.8 Å². The van der Waals surface area contributed by atoms with Crippen molar-refractivity contribution in [2.75, 3.05) is 12.0 Å². The van der Waals surface area contributed by atoms with E-state index >= 15 is 0 Å². The Morgan fingerprint density at radius 2 is 1.89 bits per heavy atom. The number of hydrogen-bond donors (Lipinski definition) is 2. The summed E-state index contributed by atoms with van der Waals surface area (Å²) in [6, 6.07) is 6.38. The van der Waals surface area contributed by atoms with Gasteiger partial charge in [-0.3, -0.25) is 0 Å². The summed E-state index contributed by atoms with van der Waals surface area (Å²) in [7, 11) is -3.49. The van der Waals surface area contributed by atoms with Gasteiger partial charge in [0.1, 0.15) is 5.60 Å². The molecular weight excluding hydrogens is 386 g/mol. The molecule has 2 unspecified atom stereocenters. The third-order valence-corrected chi connectivity index (χ3v) is 7.12. The van der Waals surface area contributed by atoms with E-state index in [4.69, 9.17) is 4.74 Å². The Labute approximate surface area is 166 Å². The van der Waals surface area contributed by atoms with E-state index < -0.39 is 33.7 Å². The van der Waals surface area contributed by atoms with E-state index in [2.05, 4.69) is 5.32 Å². The summed E-state index contributed by atoms with van der Waals surface area (Å²) in [5.41, 5.74) is -0.641. The first kappa shape index (κ1) is 22.0. The highest BCUT2D eigenvalue weighted by Gasteiger charge is 2.35. The summed E-state index contributed by atoms with van der Waals surface area (Å²) in [5.74, 6) is -0.343. The molecule has 0 saturated heterocycles. The Morgan fingerprint density at radius 1 is 1.26 bits per heavy atom. The van der Waals surface area contributed by atoms with Crippen LogP contribution in [-0.2, 0) is 14.6 Å². The number of hydrogen-bond acceptors (Lipinski definition) is 6. The van der Waals surface area contributed by atoms with Gasteiger partial charge in [-0.25, -0.2) is 13.2 Å². The summed E-state index contributed by atoms with van der Waals surface area (Å²) >= 11 is 1.55. The van der Waals surface area contributed by atoms with Crippen LogP contribution in [0.5, 0.6) is 0 Å². The zero-order valence-corrected chi connectivity index (χ0v) is 17.9. The van der Waals surface area contributed by atoms with Gasteiger partial charge in [0, 0.05) is 10.9 Å². The average Bonchev–Trinajstić information content (AvgIpc) is 2.55. The maximum absolute atomic E-state index is 12.8. The van der Waals surface area contributed by atoms with Crippen molar-refractivity contribution >= 4 is 27.7 Å². The number of nitrogens with one attached hydrogen (secondary N) is 1. The van der Waals surface area contributed by atoms with Crippen LogP contribution >= 0.6 is 11.8 Å². The third kappa shape index (κ3) is 6.69. The molecule has 27 heavy (non-hydrogen) atoms. The summed E-state index contributed by atoms with van der Waals surface area (Å²) in [4.78, 5) is 13.4. The number of thioether (sulfide) groups is 1. The lowest BCUT2D eigenvalue weighted by Gasteiger charge is -2.35. The van der Waals surface area contributed by atoms with Crippen molar-refractivity contribution in [1.82, 2.24) is 5.32 Å². The average molecular weight is 416 g/mol. The maximum Gasteiger partial charge on any atom is 0.407 e. The number of aliphatic hydroxyl groups is 1. The molecule has 6 nitrogen and oxygen atoms in total. The summed E-state index contributed by atoms with van der Waals surface area (Å²) < 4.78 is 30.9. The minimum absolute atomic E-state index is 0.0706. The van der Waals surface area contributed by atoms with Gasteiger partial charge in [-0.2, -0.15) is 0 Å². The fourth-order valence-electron chi connectivity index (χ4n) is 3.21. The van der Waals surface area contributed by atoms with E-state index in [1.807, 2.05) is 6.26 Å². The second-order valence-electron chi connectivity index (χ2n) is 7.94. The SMILES string of the molecule is CSc1ccc(S(=O)(=O)CC2CC[C@H](O)CC2NC(=O)OC(C)(C)C)cc1. The number of ether oxygens (including phenoxy) is 1. The number of carbonyl (C=O) groups is 1. The molecule has 0 heterocycles. The second-order valence-corrected chi connectivity index (χ2v) is 10.9. The minimum Gasteiger partial charge on any atom is -0.444 e. The first-order valence-electron chi connectivity index (χ1n) is 9.04. The van der Waals surface area contributed by atoms with E-state index in [0.29, 0.717) is 19.3 Å². The quantitative estimate of drug-likeness (QED) is 0.717. The molecule has 1 fully saturated rings. The molecule has 1 aliphatic rings. The van der Waals surface area contributed by atoms with E-state index in [1.165, 1.54) is 0 Å². The number of sulfone groups is 1. The molecule has 2 N–H and O–H groups in total. The third-order valence-electron chi connectivity index (χ3n) is 4.52. The Balaban J connectivity index is 2.11. The van der Waals surface area contributed by atoms with Crippen LogP contribution in [0.3, 0.4) is 0 Å². The van der Waals surface area contributed by atoms with Crippen LogP contribution in [0.15, 0.2) is 34.1 Å². The number of carbonyl (C=O) groups excluding carboxylic acids is 1. The molecule has 1 amide bonds. The Morgan fingerprint density at radius 3 is 2.44 bits per heavy atom. The van der Waals surface area contributed by atoms with Crippen molar-refractivity contribution in [3.8, 4) is 0 Å². The molecular formula is C19H29NO5S2. The summed E-state index contributed by atoms with van der Waals surface area (Å²) in [6.45, 7) is 5.30. The van der Waals surface area contributed by atoms with Gasteiger partial charge in [0.15, 0.2) is 9.84 Å². The largest absolute Gasteiger partial charge is 0.444 e. The molecule has 1 aromatic carbocycles. The van der Waals surface area contributed by atoms with Crippen molar-refractivity contribution in [2.45, 2.75) is 67.6 Å². The first-order valence-corrected chi connectivity index (χ1v) is 11.9. The normalized spacial score (nSPS) is 23.7. The number of benzene rings is 1. The van der Waals surface area contributed by atoms with Gasteiger partial charge < -0.3 is 15.2 Å². The van der Waals surface area contributed by atoms with E-state index in [1.54, 1.807) is 56.8 Å². The molecule has 0 aromatic heterocycles. The van der Waals surface area contributed by atoms with Crippen LogP contribution in [0.25, 0.3) is 0 Å². The summed E-state index contributed by atoms with van der Waals surface area (Å²) in [5, 5.41) is 12.7. The van der Waals surface area contributed by atoms with Crippen LogP contribution in [0.4, 0.5) is 4.79 Å². The van der Waals surface area contributed by atoms with Crippen molar-refractivity contribution in [3.63, 3.8) is 0 Å². The van der Waals surface area contributed by atoms with Gasteiger partial charge in [0.2, 0.25) is 0 Å². The molecule has 1 aliphatic carbocycles. The van der Waals surface area contributed by atoms with Gasteiger partial charge in [0.05, 0.1) is 16.8 Å². The van der Waals surface area contributed by atoms with Gasteiger partial charge in [-0.1, -0.05) is 0 Å². The lowest BCUT2D eigenvalue weighted by molar-refractivity contribution is 0.0399. The number of rotatable bonds is 5. The molecule has 1 saturated carbocycles. The predicted octanol–water partition coefficient (Wildman–Crippen LogP) is 3.24. The van der Waals surface area contributed by atoms with E-state index in [9.17, 15) is 18.3 Å². The maximum atomic E-state index is 12.8. The number of aliphatic hydroxyl groups excluding tert-OH is 1. The lowest BCUT2D eigenvalue weighted by atomic mass is 9.84. The molecule has 3 atom stereocenters.